The van der Waals surface area contributed by atoms with Gasteiger partial charge in [-0.3, -0.25) is 0 Å². The minimum Gasteiger partial charge on any atom is -0.478 e. The third kappa shape index (κ3) is 10.2. The van der Waals surface area contributed by atoms with Gasteiger partial charge in [0.05, 0.1) is 31.8 Å². The van der Waals surface area contributed by atoms with Gasteiger partial charge in [0.1, 0.15) is 13.2 Å². The predicted molar refractivity (Wildman–Crippen MR) is 97.4 cm³/mol. The Labute approximate surface area is 154 Å². The number of quaternary nitrogens is 1. The Morgan fingerprint density at radius 3 is 2.23 bits per heavy atom. The van der Waals surface area contributed by atoms with Gasteiger partial charge >= 0.3 is 17.9 Å². The van der Waals surface area contributed by atoms with Gasteiger partial charge in [-0.2, -0.15) is 0 Å². The van der Waals surface area contributed by atoms with Crippen LogP contribution in [-0.4, -0.2) is 56.9 Å². The summed E-state index contributed by atoms with van der Waals surface area (Å²) in [7, 11) is 4.00. The zero-order valence-corrected chi connectivity index (χ0v) is 15.6. The van der Waals surface area contributed by atoms with E-state index in [1.807, 2.05) is 21.0 Å². The number of carbonyl (C=O) groups is 3. The van der Waals surface area contributed by atoms with E-state index in [1.54, 1.807) is 12.1 Å². The second-order valence-corrected chi connectivity index (χ2v) is 5.67. The highest BCUT2D eigenvalue weighted by Crippen LogP contribution is 2.10. The standard InChI is InChI=1S/C12H14O4.C7H13NO2/c1-2-3-8-16-12(15)10-7-5-4-6-9(10)11(13)14;1-4-7(9)10-6-5-8(2)3/h4-7H,2-3,8H2,1H3,(H,13,14);4H,1,5-6H2,2-3H3/p+1. The number of aromatic carboxylic acids is 1. The summed E-state index contributed by atoms with van der Waals surface area (Å²) in [5, 5.41) is 8.88. The van der Waals surface area contributed by atoms with Gasteiger partial charge in [0, 0.05) is 6.08 Å². The smallest absolute Gasteiger partial charge is 0.339 e. The van der Waals surface area contributed by atoms with Gasteiger partial charge in [-0.05, 0) is 18.6 Å². The molecule has 0 aliphatic carbocycles. The number of benzene rings is 1. The van der Waals surface area contributed by atoms with Crippen LogP contribution in [0.4, 0.5) is 0 Å². The molecule has 7 nitrogen and oxygen atoms in total. The molecule has 1 rings (SSSR count). The van der Waals surface area contributed by atoms with E-state index in [0.717, 1.165) is 19.4 Å². The molecule has 0 saturated heterocycles. The molecular formula is C19H28NO6+. The highest BCUT2D eigenvalue weighted by atomic mass is 16.5. The Hall–Kier alpha value is -2.67. The van der Waals surface area contributed by atoms with Gasteiger partial charge in [0.2, 0.25) is 0 Å². The van der Waals surface area contributed by atoms with E-state index < -0.39 is 11.9 Å². The van der Waals surface area contributed by atoms with Crippen molar-refractivity contribution in [3.05, 3.63) is 48.0 Å². The van der Waals surface area contributed by atoms with Crippen LogP contribution in [0, 0.1) is 0 Å². The van der Waals surface area contributed by atoms with Crippen molar-refractivity contribution in [3.63, 3.8) is 0 Å². The summed E-state index contributed by atoms with van der Waals surface area (Å²) in [6, 6.07) is 6.03. The second-order valence-electron chi connectivity index (χ2n) is 5.67. The van der Waals surface area contributed by atoms with Gasteiger partial charge in [-0.15, -0.1) is 0 Å². The minimum atomic E-state index is -1.12. The lowest BCUT2D eigenvalue weighted by molar-refractivity contribution is -0.858. The van der Waals surface area contributed by atoms with Crippen LogP contribution >= 0.6 is 0 Å². The SMILES string of the molecule is C=CC(=O)OCC[NH+](C)C.CCCCOC(=O)c1ccccc1C(=O)O. The van der Waals surface area contributed by atoms with E-state index >= 15 is 0 Å². The predicted octanol–water partition coefficient (Wildman–Crippen LogP) is 1.20. The number of esters is 2. The van der Waals surface area contributed by atoms with Crippen molar-refractivity contribution in [2.75, 3.05) is 33.9 Å². The van der Waals surface area contributed by atoms with E-state index in [9.17, 15) is 14.4 Å². The van der Waals surface area contributed by atoms with Crippen LogP contribution in [-0.2, 0) is 14.3 Å². The molecular weight excluding hydrogens is 338 g/mol. The number of carbonyl (C=O) groups excluding carboxylic acids is 2. The molecule has 0 spiro atoms. The largest absolute Gasteiger partial charge is 0.478 e. The molecule has 0 fully saturated rings. The Kier molecular flexibility index (Phi) is 12.2. The molecule has 1 aromatic rings. The number of nitrogens with one attached hydrogen (secondary N) is 1. The zero-order valence-electron chi connectivity index (χ0n) is 15.6. The van der Waals surface area contributed by atoms with Crippen molar-refractivity contribution in [2.45, 2.75) is 19.8 Å². The van der Waals surface area contributed by atoms with Crippen LogP contribution < -0.4 is 4.90 Å². The number of likely N-dealkylation sites (N-methyl/N-ethyl adjacent to an activating group) is 1. The lowest BCUT2D eigenvalue weighted by Gasteiger charge is -2.06. The molecule has 144 valence electrons. The summed E-state index contributed by atoms with van der Waals surface area (Å²) in [6.45, 7) is 6.88. The highest BCUT2D eigenvalue weighted by molar-refractivity contribution is 6.02. The lowest BCUT2D eigenvalue weighted by Crippen LogP contribution is -3.06. The van der Waals surface area contributed by atoms with Gasteiger partial charge in [-0.1, -0.05) is 32.1 Å². The molecule has 0 radical (unpaired) electrons. The van der Waals surface area contributed by atoms with Crippen molar-refractivity contribution in [2.24, 2.45) is 0 Å². The Morgan fingerprint density at radius 1 is 1.12 bits per heavy atom. The molecule has 0 aliphatic rings. The molecule has 0 aliphatic heterocycles. The fourth-order valence-corrected chi connectivity index (χ4v) is 1.65. The van der Waals surface area contributed by atoms with Crippen LogP contribution in [0.25, 0.3) is 0 Å². The summed E-state index contributed by atoms with van der Waals surface area (Å²) < 4.78 is 9.68. The molecule has 0 unspecified atom stereocenters. The number of hydrogen-bond donors (Lipinski definition) is 2. The first-order valence-corrected chi connectivity index (χ1v) is 8.41. The summed E-state index contributed by atoms with van der Waals surface area (Å²) in [5.74, 6) is -2.05. The van der Waals surface area contributed by atoms with E-state index in [4.69, 9.17) is 14.6 Å². The van der Waals surface area contributed by atoms with Crippen LogP contribution in [0.3, 0.4) is 0 Å². The number of unbranched alkanes of at least 4 members (excludes halogenated alkanes) is 1. The van der Waals surface area contributed by atoms with Gasteiger partial charge in [0.25, 0.3) is 0 Å². The third-order valence-corrected chi connectivity index (χ3v) is 3.12. The first kappa shape index (κ1) is 23.3. The Balaban J connectivity index is 0.000000541. The minimum absolute atomic E-state index is 0.0241. The number of carboxylic acid groups (broad SMARTS) is 1. The maximum atomic E-state index is 11.6. The van der Waals surface area contributed by atoms with Crippen molar-refractivity contribution in [1.82, 2.24) is 0 Å². The van der Waals surface area contributed by atoms with Crippen LogP contribution in [0.15, 0.2) is 36.9 Å². The first-order chi connectivity index (χ1) is 12.3. The third-order valence-electron chi connectivity index (χ3n) is 3.12. The quantitative estimate of drug-likeness (QED) is 0.387. The van der Waals surface area contributed by atoms with Gasteiger partial charge in [-0.25, -0.2) is 14.4 Å². The highest BCUT2D eigenvalue weighted by Gasteiger charge is 2.16. The fraction of sp³-hybridized carbons (Fsp3) is 0.421. The summed E-state index contributed by atoms with van der Waals surface area (Å²) >= 11 is 0. The van der Waals surface area contributed by atoms with Gasteiger partial charge in [0.15, 0.2) is 0 Å². The van der Waals surface area contributed by atoms with Crippen molar-refractivity contribution >= 4 is 17.9 Å². The average molecular weight is 366 g/mol. The molecule has 0 atom stereocenters. The van der Waals surface area contributed by atoms with Crippen molar-refractivity contribution < 1.29 is 33.9 Å². The molecule has 1 aromatic carbocycles. The second kappa shape index (κ2) is 13.6. The van der Waals surface area contributed by atoms with Gasteiger partial charge < -0.3 is 19.5 Å². The fourth-order valence-electron chi connectivity index (χ4n) is 1.65. The maximum absolute atomic E-state index is 11.6. The van der Waals surface area contributed by atoms with E-state index in [-0.39, 0.29) is 17.1 Å². The van der Waals surface area contributed by atoms with E-state index in [0.29, 0.717) is 13.2 Å². The molecule has 2 N–H and O–H groups in total. The molecule has 0 bridgehead atoms. The lowest BCUT2D eigenvalue weighted by atomic mass is 10.1. The van der Waals surface area contributed by atoms with Crippen LogP contribution in [0.1, 0.15) is 40.5 Å². The number of carboxylic acids is 1. The Morgan fingerprint density at radius 2 is 1.73 bits per heavy atom. The number of rotatable bonds is 9. The average Bonchev–Trinajstić information content (AvgIpc) is 2.61. The van der Waals surface area contributed by atoms with Crippen molar-refractivity contribution in [3.8, 4) is 0 Å². The topological polar surface area (TPSA) is 94.3 Å². The summed E-state index contributed by atoms with van der Waals surface area (Å²) in [4.78, 5) is 34.1. The van der Waals surface area contributed by atoms with Crippen molar-refractivity contribution in [1.29, 1.82) is 0 Å². The molecule has 0 saturated carbocycles. The number of hydrogen-bond acceptors (Lipinski definition) is 5. The zero-order chi connectivity index (χ0) is 19.9. The van der Waals surface area contributed by atoms with Crippen LogP contribution in [0.5, 0.6) is 0 Å². The Bertz CT molecular complexity index is 597. The summed E-state index contributed by atoms with van der Waals surface area (Å²) in [5.41, 5.74) is 0.0788. The monoisotopic (exact) mass is 366 g/mol. The number of ether oxygens (including phenoxy) is 2. The van der Waals surface area contributed by atoms with E-state index in [2.05, 4.69) is 6.58 Å². The van der Waals surface area contributed by atoms with E-state index in [1.165, 1.54) is 23.1 Å². The molecule has 0 aromatic heterocycles. The normalized spacial score (nSPS) is 9.69. The molecule has 0 amide bonds. The molecule has 7 heteroatoms. The summed E-state index contributed by atoms with van der Waals surface area (Å²) in [6.07, 6.45) is 2.87. The van der Waals surface area contributed by atoms with Crippen LogP contribution in [0.2, 0.25) is 0 Å². The molecule has 0 heterocycles. The molecule has 26 heavy (non-hydrogen) atoms. The first-order valence-electron chi connectivity index (χ1n) is 8.41. The maximum Gasteiger partial charge on any atom is 0.339 e.